The summed E-state index contributed by atoms with van der Waals surface area (Å²) in [6.45, 7) is 5.94. The van der Waals surface area contributed by atoms with E-state index in [0.29, 0.717) is 42.2 Å². The minimum Gasteiger partial charge on any atom is -0.490 e. The first kappa shape index (κ1) is 23.7. The van der Waals surface area contributed by atoms with Crippen LogP contribution in [-0.2, 0) is 9.59 Å². The smallest absolute Gasteiger partial charge is 0.262 e. The van der Waals surface area contributed by atoms with E-state index in [0.717, 1.165) is 0 Å². The first-order chi connectivity index (χ1) is 15.0. The summed E-state index contributed by atoms with van der Waals surface area (Å²) < 4.78 is 11.3. The Morgan fingerprint density at radius 2 is 1.74 bits per heavy atom. The van der Waals surface area contributed by atoms with E-state index in [1.54, 1.807) is 36.4 Å². The van der Waals surface area contributed by atoms with Gasteiger partial charge in [-0.2, -0.15) is 5.26 Å². The largest absolute Gasteiger partial charge is 0.490 e. The van der Waals surface area contributed by atoms with E-state index in [9.17, 15) is 14.9 Å². The van der Waals surface area contributed by atoms with Crippen molar-refractivity contribution < 1.29 is 19.1 Å². The fourth-order valence-electron chi connectivity index (χ4n) is 3.07. The third kappa shape index (κ3) is 7.00. The van der Waals surface area contributed by atoms with Gasteiger partial charge in [-0.25, -0.2) is 0 Å². The van der Waals surface area contributed by atoms with Crippen LogP contribution in [0, 0.1) is 17.2 Å². The number of benzene rings is 2. The molecule has 2 aromatic carbocycles. The Morgan fingerprint density at radius 1 is 1.03 bits per heavy atom. The van der Waals surface area contributed by atoms with Crippen molar-refractivity contribution in [2.75, 3.05) is 18.5 Å². The zero-order valence-electron chi connectivity index (χ0n) is 18.2. The number of ketones is 1. The zero-order valence-corrected chi connectivity index (χ0v) is 18.2. The maximum atomic E-state index is 12.6. The second-order valence-corrected chi connectivity index (χ2v) is 6.89. The Balaban J connectivity index is 2.15. The number of nitrogens with zero attached hydrogens (tertiary/aromatic N) is 1. The molecule has 6 heteroatoms. The Morgan fingerprint density at radius 3 is 2.35 bits per heavy atom. The molecule has 31 heavy (non-hydrogen) atoms. The summed E-state index contributed by atoms with van der Waals surface area (Å²) >= 11 is 0. The number of carbonyl (C=O) groups is 2. The fraction of sp³-hybridized carbons (Fsp3) is 0.320. The van der Waals surface area contributed by atoms with Gasteiger partial charge < -0.3 is 14.8 Å². The number of hydrogen-bond acceptors (Lipinski definition) is 5. The summed E-state index contributed by atoms with van der Waals surface area (Å²) in [5.74, 6) is 0.245. The summed E-state index contributed by atoms with van der Waals surface area (Å²) in [6.07, 6.45) is 2.95. The van der Waals surface area contributed by atoms with Crippen molar-refractivity contribution in [1.29, 1.82) is 5.26 Å². The molecular weight excluding hydrogens is 392 g/mol. The lowest BCUT2D eigenvalue weighted by Crippen LogP contribution is -2.20. The van der Waals surface area contributed by atoms with Gasteiger partial charge in [-0.05, 0) is 55.7 Å². The molecule has 0 atom stereocenters. The van der Waals surface area contributed by atoms with Gasteiger partial charge in [-0.15, -0.1) is 0 Å². The van der Waals surface area contributed by atoms with Crippen molar-refractivity contribution >= 4 is 23.5 Å². The Hall–Kier alpha value is -3.59. The molecule has 6 nitrogen and oxygen atoms in total. The summed E-state index contributed by atoms with van der Waals surface area (Å²) in [5, 5.41) is 12.2. The number of hydrogen-bond donors (Lipinski definition) is 1. The fourth-order valence-corrected chi connectivity index (χ4v) is 3.07. The Bertz CT molecular complexity index is 957. The summed E-state index contributed by atoms with van der Waals surface area (Å²) in [6, 6.07) is 16.2. The molecule has 0 aromatic heterocycles. The monoisotopic (exact) mass is 420 g/mol. The molecule has 1 amide bonds. The van der Waals surface area contributed by atoms with Crippen LogP contribution in [0.1, 0.15) is 39.2 Å². The average Bonchev–Trinajstić information content (AvgIpc) is 2.78. The number of Topliss-reactive ketones (excluding diaryl/α,β-unsaturated/α-hetero) is 1. The van der Waals surface area contributed by atoms with Gasteiger partial charge in [0.15, 0.2) is 23.9 Å². The van der Waals surface area contributed by atoms with Gasteiger partial charge >= 0.3 is 0 Å². The Kier molecular flexibility index (Phi) is 9.31. The lowest BCUT2D eigenvalue weighted by atomic mass is 9.92. The SMILES string of the molecule is CCOc1cc(/C=C(\C#N)C(=O)C(CC)CC)ccc1OCC(=O)Nc1ccccc1. The Labute approximate surface area is 183 Å². The van der Waals surface area contributed by atoms with Crippen LogP contribution in [0.5, 0.6) is 11.5 Å². The highest BCUT2D eigenvalue weighted by molar-refractivity contribution is 6.04. The van der Waals surface area contributed by atoms with Crippen molar-refractivity contribution in [2.45, 2.75) is 33.6 Å². The number of nitrogens with one attached hydrogen (secondary N) is 1. The van der Waals surface area contributed by atoms with Gasteiger partial charge in [0.1, 0.15) is 6.07 Å². The first-order valence-corrected chi connectivity index (χ1v) is 10.4. The molecule has 0 saturated heterocycles. The molecule has 162 valence electrons. The normalized spacial score (nSPS) is 11.0. The van der Waals surface area contributed by atoms with Gasteiger partial charge in [-0.1, -0.05) is 38.1 Å². The highest BCUT2D eigenvalue weighted by atomic mass is 16.5. The van der Waals surface area contributed by atoms with Crippen molar-refractivity contribution in [3.8, 4) is 17.6 Å². The lowest BCUT2D eigenvalue weighted by molar-refractivity contribution is -0.119. The predicted molar refractivity (Wildman–Crippen MR) is 121 cm³/mol. The second kappa shape index (κ2) is 12.2. The van der Waals surface area contributed by atoms with Gasteiger partial charge in [0.25, 0.3) is 5.91 Å². The third-order valence-corrected chi connectivity index (χ3v) is 4.74. The minimum absolute atomic E-state index is 0.118. The third-order valence-electron chi connectivity index (χ3n) is 4.74. The number of amides is 1. The van der Waals surface area contributed by atoms with Gasteiger partial charge in [0.2, 0.25) is 0 Å². The number of rotatable bonds is 11. The van der Waals surface area contributed by atoms with Crippen LogP contribution < -0.4 is 14.8 Å². The molecule has 2 rings (SSSR count). The van der Waals surface area contributed by atoms with Crippen LogP contribution in [0.4, 0.5) is 5.69 Å². The second-order valence-electron chi connectivity index (χ2n) is 6.89. The number of ether oxygens (including phenoxy) is 2. The van der Waals surface area contributed by atoms with Crippen molar-refractivity contribution in [3.05, 3.63) is 59.7 Å². The van der Waals surface area contributed by atoms with Crippen molar-refractivity contribution in [1.82, 2.24) is 0 Å². The summed E-state index contributed by atoms with van der Waals surface area (Å²) in [4.78, 5) is 24.7. The van der Waals surface area contributed by atoms with Crippen molar-refractivity contribution in [2.24, 2.45) is 5.92 Å². The molecule has 0 heterocycles. The van der Waals surface area contributed by atoms with Crippen molar-refractivity contribution in [3.63, 3.8) is 0 Å². The maximum Gasteiger partial charge on any atom is 0.262 e. The summed E-state index contributed by atoms with van der Waals surface area (Å²) in [7, 11) is 0. The predicted octanol–water partition coefficient (Wildman–Crippen LogP) is 5.02. The van der Waals surface area contributed by atoms with Crippen LogP contribution >= 0.6 is 0 Å². The van der Waals surface area contributed by atoms with Gasteiger partial charge in [0, 0.05) is 11.6 Å². The van der Waals surface area contributed by atoms with E-state index < -0.39 is 0 Å². The van der Waals surface area contributed by atoms with E-state index in [-0.39, 0.29) is 29.8 Å². The number of anilines is 1. The van der Waals surface area contributed by atoms with E-state index in [1.165, 1.54) is 0 Å². The number of para-hydroxylation sites is 1. The molecule has 0 unspecified atom stereocenters. The first-order valence-electron chi connectivity index (χ1n) is 10.4. The van der Waals surface area contributed by atoms with Crippen LogP contribution in [0.3, 0.4) is 0 Å². The quantitative estimate of drug-likeness (QED) is 0.407. The highest BCUT2D eigenvalue weighted by Crippen LogP contribution is 2.30. The lowest BCUT2D eigenvalue weighted by Gasteiger charge is -2.13. The molecule has 0 fully saturated rings. The van der Waals surface area contributed by atoms with Crippen LogP contribution in [0.15, 0.2) is 54.1 Å². The van der Waals surface area contributed by atoms with Crippen LogP contribution in [0.2, 0.25) is 0 Å². The van der Waals surface area contributed by atoms with E-state index in [4.69, 9.17) is 9.47 Å². The van der Waals surface area contributed by atoms with Crippen LogP contribution in [0.25, 0.3) is 6.08 Å². The standard InChI is InChI=1S/C25H28N2O4/c1-4-19(5-2)25(29)20(16-26)14-18-12-13-22(23(15-18)30-6-3)31-17-24(28)27-21-10-8-7-9-11-21/h7-15,19H,4-6,17H2,1-3H3,(H,27,28)/b20-14+. The topological polar surface area (TPSA) is 88.4 Å². The number of allylic oxidation sites excluding steroid dienone is 1. The van der Waals surface area contributed by atoms with E-state index in [1.807, 2.05) is 45.0 Å². The molecule has 1 N–H and O–H groups in total. The molecule has 0 aliphatic carbocycles. The molecule has 0 bridgehead atoms. The molecule has 0 radical (unpaired) electrons. The molecule has 0 aliphatic rings. The average molecular weight is 421 g/mol. The van der Waals surface area contributed by atoms with Gasteiger partial charge in [-0.3, -0.25) is 9.59 Å². The molecule has 0 aliphatic heterocycles. The van der Waals surface area contributed by atoms with Gasteiger partial charge in [0.05, 0.1) is 12.2 Å². The maximum absolute atomic E-state index is 12.6. The molecule has 2 aromatic rings. The molecule has 0 saturated carbocycles. The number of nitriles is 1. The van der Waals surface area contributed by atoms with E-state index in [2.05, 4.69) is 5.32 Å². The number of carbonyl (C=O) groups excluding carboxylic acids is 2. The highest BCUT2D eigenvalue weighted by Gasteiger charge is 2.19. The zero-order chi connectivity index (χ0) is 22.6. The van der Waals surface area contributed by atoms with E-state index >= 15 is 0 Å². The minimum atomic E-state index is -0.292. The summed E-state index contributed by atoms with van der Waals surface area (Å²) in [5.41, 5.74) is 1.46. The molecular formula is C25H28N2O4. The molecule has 0 spiro atoms. The van der Waals surface area contributed by atoms with Crippen LogP contribution in [-0.4, -0.2) is 24.9 Å².